The van der Waals surface area contributed by atoms with Crippen LogP contribution in [-0.4, -0.2) is 45.9 Å². The van der Waals surface area contributed by atoms with Crippen LogP contribution < -0.4 is 15.0 Å². The fourth-order valence-corrected chi connectivity index (χ4v) is 3.86. The van der Waals surface area contributed by atoms with E-state index in [1.807, 2.05) is 12.1 Å². The molecule has 2 N–H and O–H groups in total. The number of quaternary nitrogens is 1. The summed E-state index contributed by atoms with van der Waals surface area (Å²) in [6.07, 6.45) is 0. The topological polar surface area (TPSA) is 52.0 Å². The zero-order chi connectivity index (χ0) is 16.8. The van der Waals surface area contributed by atoms with E-state index in [0.29, 0.717) is 17.9 Å². The van der Waals surface area contributed by atoms with E-state index in [1.54, 1.807) is 30.6 Å². The molecule has 0 spiro atoms. The van der Waals surface area contributed by atoms with Crippen molar-refractivity contribution < 1.29 is 19.2 Å². The SMILES string of the molecule is COc1cccc(C(=O)NC[C@@H](c2cccs2)[NH+]2CCOCC2)c1. The van der Waals surface area contributed by atoms with Gasteiger partial charge in [-0.25, -0.2) is 0 Å². The molecule has 0 aliphatic carbocycles. The molecule has 1 atom stereocenters. The zero-order valence-corrected chi connectivity index (χ0v) is 14.6. The average molecular weight is 347 g/mol. The molecule has 2 heterocycles. The van der Waals surface area contributed by atoms with Crippen LogP contribution >= 0.6 is 11.3 Å². The van der Waals surface area contributed by atoms with Gasteiger partial charge in [-0.1, -0.05) is 12.1 Å². The first-order valence-corrected chi connectivity index (χ1v) is 9.04. The minimum absolute atomic E-state index is 0.0666. The van der Waals surface area contributed by atoms with Crippen LogP contribution in [0.2, 0.25) is 0 Å². The highest BCUT2D eigenvalue weighted by molar-refractivity contribution is 7.10. The molecule has 0 radical (unpaired) electrons. The smallest absolute Gasteiger partial charge is 0.251 e. The van der Waals surface area contributed by atoms with Crippen molar-refractivity contribution in [3.05, 3.63) is 52.2 Å². The monoisotopic (exact) mass is 347 g/mol. The minimum Gasteiger partial charge on any atom is -0.497 e. The van der Waals surface area contributed by atoms with E-state index in [9.17, 15) is 4.79 Å². The van der Waals surface area contributed by atoms with Crippen LogP contribution in [0.1, 0.15) is 21.3 Å². The number of methoxy groups -OCH3 is 1. The number of rotatable bonds is 6. The van der Waals surface area contributed by atoms with Crippen molar-refractivity contribution in [3.63, 3.8) is 0 Å². The van der Waals surface area contributed by atoms with Gasteiger partial charge in [-0.3, -0.25) is 4.79 Å². The van der Waals surface area contributed by atoms with Crippen molar-refractivity contribution in [3.8, 4) is 5.75 Å². The Morgan fingerprint density at radius 2 is 2.17 bits per heavy atom. The lowest BCUT2D eigenvalue weighted by Gasteiger charge is -2.31. The molecular weight excluding hydrogens is 324 g/mol. The normalized spacial score (nSPS) is 16.5. The van der Waals surface area contributed by atoms with Crippen molar-refractivity contribution in [2.45, 2.75) is 6.04 Å². The summed E-state index contributed by atoms with van der Waals surface area (Å²) in [5.74, 6) is 0.624. The molecule has 3 rings (SSSR count). The van der Waals surface area contributed by atoms with E-state index in [4.69, 9.17) is 9.47 Å². The number of benzene rings is 1. The number of morpholine rings is 1. The summed E-state index contributed by atoms with van der Waals surface area (Å²) < 4.78 is 10.7. The molecule has 6 heteroatoms. The fourth-order valence-electron chi connectivity index (χ4n) is 2.98. The van der Waals surface area contributed by atoms with Crippen molar-refractivity contribution in [2.24, 2.45) is 0 Å². The Bertz CT molecular complexity index is 654. The quantitative estimate of drug-likeness (QED) is 0.824. The molecule has 1 aliphatic rings. The first-order chi connectivity index (χ1) is 11.8. The van der Waals surface area contributed by atoms with Gasteiger partial charge in [0.2, 0.25) is 0 Å². The number of thiophene rings is 1. The van der Waals surface area contributed by atoms with Crippen LogP contribution in [0.3, 0.4) is 0 Å². The molecule has 24 heavy (non-hydrogen) atoms. The van der Waals surface area contributed by atoms with Gasteiger partial charge >= 0.3 is 0 Å². The summed E-state index contributed by atoms with van der Waals surface area (Å²) in [5, 5.41) is 5.18. The molecule has 5 nitrogen and oxygen atoms in total. The number of carbonyl (C=O) groups excluding carboxylic acids is 1. The standard InChI is InChI=1S/C18H22N2O3S/c1-22-15-5-2-4-14(12-15)18(21)19-13-16(17-6-3-11-24-17)20-7-9-23-10-8-20/h2-6,11-12,16H,7-10,13H2,1H3,(H,19,21)/p+1/t16-/m0/s1. The Morgan fingerprint density at radius 1 is 1.33 bits per heavy atom. The molecule has 1 aromatic heterocycles. The van der Waals surface area contributed by atoms with Gasteiger partial charge in [0.15, 0.2) is 0 Å². The number of hydrogen-bond acceptors (Lipinski definition) is 4. The predicted molar refractivity (Wildman–Crippen MR) is 93.9 cm³/mol. The van der Waals surface area contributed by atoms with Crippen molar-refractivity contribution in [1.29, 1.82) is 0 Å². The van der Waals surface area contributed by atoms with Crippen LogP contribution in [0.4, 0.5) is 0 Å². The van der Waals surface area contributed by atoms with E-state index >= 15 is 0 Å². The van der Waals surface area contributed by atoms with Crippen molar-refractivity contribution in [2.75, 3.05) is 40.0 Å². The van der Waals surface area contributed by atoms with Gasteiger partial charge in [-0.2, -0.15) is 0 Å². The van der Waals surface area contributed by atoms with Gasteiger partial charge in [-0.05, 0) is 29.6 Å². The second kappa shape index (κ2) is 8.28. The third-order valence-corrected chi connectivity index (χ3v) is 5.30. The second-order valence-electron chi connectivity index (χ2n) is 5.78. The van der Waals surface area contributed by atoms with Gasteiger partial charge in [0.05, 0.1) is 31.7 Å². The maximum absolute atomic E-state index is 12.5. The molecular formula is C18H23N2O3S+. The molecule has 0 saturated carbocycles. The zero-order valence-electron chi connectivity index (χ0n) is 13.8. The Hall–Kier alpha value is -1.89. The van der Waals surface area contributed by atoms with Gasteiger partial charge in [-0.15, -0.1) is 11.3 Å². The largest absolute Gasteiger partial charge is 0.497 e. The third kappa shape index (κ3) is 4.14. The molecule has 0 bridgehead atoms. The highest BCUT2D eigenvalue weighted by atomic mass is 32.1. The molecule has 1 aromatic carbocycles. The fraction of sp³-hybridized carbons (Fsp3) is 0.389. The highest BCUT2D eigenvalue weighted by Gasteiger charge is 2.27. The van der Waals surface area contributed by atoms with Crippen LogP contribution in [0.25, 0.3) is 0 Å². The molecule has 1 amide bonds. The summed E-state index contributed by atoms with van der Waals surface area (Å²) in [7, 11) is 1.60. The number of amides is 1. The molecule has 1 saturated heterocycles. The predicted octanol–water partition coefficient (Wildman–Crippen LogP) is 1.14. The molecule has 1 aliphatic heterocycles. The highest BCUT2D eigenvalue weighted by Crippen LogP contribution is 2.17. The number of nitrogens with one attached hydrogen (secondary N) is 2. The Kier molecular flexibility index (Phi) is 5.85. The average Bonchev–Trinajstić information content (AvgIpc) is 3.17. The van der Waals surface area contributed by atoms with Gasteiger partial charge in [0.1, 0.15) is 24.9 Å². The summed E-state index contributed by atoms with van der Waals surface area (Å²) in [6.45, 7) is 4.11. The van der Waals surface area contributed by atoms with Crippen LogP contribution in [0.5, 0.6) is 5.75 Å². The second-order valence-corrected chi connectivity index (χ2v) is 6.76. The first-order valence-electron chi connectivity index (χ1n) is 8.16. The van der Waals surface area contributed by atoms with Crippen molar-refractivity contribution in [1.82, 2.24) is 5.32 Å². The number of ether oxygens (including phenoxy) is 2. The summed E-state index contributed by atoms with van der Waals surface area (Å²) >= 11 is 1.75. The van der Waals surface area contributed by atoms with E-state index in [1.165, 1.54) is 9.78 Å². The van der Waals surface area contributed by atoms with Crippen LogP contribution in [0.15, 0.2) is 41.8 Å². The lowest BCUT2D eigenvalue weighted by atomic mass is 10.1. The molecule has 2 aromatic rings. The maximum Gasteiger partial charge on any atom is 0.251 e. The van der Waals surface area contributed by atoms with E-state index < -0.39 is 0 Å². The molecule has 1 fully saturated rings. The lowest BCUT2D eigenvalue weighted by molar-refractivity contribution is -0.937. The molecule has 128 valence electrons. The number of carbonyl (C=O) groups is 1. The first kappa shape index (κ1) is 17.0. The van der Waals surface area contributed by atoms with Gasteiger partial charge < -0.3 is 19.7 Å². The van der Waals surface area contributed by atoms with E-state index in [0.717, 1.165) is 26.3 Å². The Morgan fingerprint density at radius 3 is 2.88 bits per heavy atom. The van der Waals surface area contributed by atoms with Crippen LogP contribution in [-0.2, 0) is 4.74 Å². The van der Waals surface area contributed by atoms with Gasteiger partial charge in [0, 0.05) is 5.56 Å². The molecule has 0 unspecified atom stereocenters. The summed E-state index contributed by atoms with van der Waals surface area (Å²) in [5.41, 5.74) is 0.622. The maximum atomic E-state index is 12.5. The van der Waals surface area contributed by atoms with E-state index in [2.05, 4.69) is 22.8 Å². The minimum atomic E-state index is -0.0666. The summed E-state index contributed by atoms with van der Waals surface area (Å²) in [4.78, 5) is 15.2. The number of hydrogen-bond donors (Lipinski definition) is 2. The van der Waals surface area contributed by atoms with Crippen LogP contribution in [0, 0.1) is 0 Å². The van der Waals surface area contributed by atoms with E-state index in [-0.39, 0.29) is 11.9 Å². The Balaban J connectivity index is 1.67. The third-order valence-electron chi connectivity index (χ3n) is 4.31. The van der Waals surface area contributed by atoms with Crippen molar-refractivity contribution >= 4 is 17.2 Å². The lowest BCUT2D eigenvalue weighted by Crippen LogP contribution is -3.15. The Labute approximate surface area is 146 Å². The summed E-state index contributed by atoms with van der Waals surface area (Å²) in [6, 6.07) is 11.7. The van der Waals surface area contributed by atoms with Gasteiger partial charge in [0.25, 0.3) is 5.91 Å².